The van der Waals surface area contributed by atoms with Crippen LogP contribution in [0.5, 0.6) is 0 Å². The van der Waals surface area contributed by atoms with Gasteiger partial charge in [0.15, 0.2) is 0 Å². The average molecular weight is 269 g/mol. The number of benzene rings is 1. The normalized spacial score (nSPS) is 16.1. The van der Waals surface area contributed by atoms with E-state index in [1.165, 1.54) is 0 Å². The molecule has 0 atom stereocenters. The number of morpholine rings is 1. The Morgan fingerprint density at radius 2 is 2.05 bits per heavy atom. The van der Waals surface area contributed by atoms with Crippen LogP contribution in [0.15, 0.2) is 30.6 Å². The highest BCUT2D eigenvalue weighted by atomic mass is 16.5. The molecule has 0 amide bonds. The van der Waals surface area contributed by atoms with E-state index in [0.717, 1.165) is 42.9 Å². The lowest BCUT2D eigenvalue weighted by molar-refractivity contribution is 0.122. The molecule has 1 aliphatic heterocycles. The minimum absolute atomic E-state index is 0.522. The summed E-state index contributed by atoms with van der Waals surface area (Å²) in [6.07, 6.45) is 3.63. The topological polar surface area (TPSA) is 68.7 Å². The Kier molecular flexibility index (Phi) is 2.50. The predicted molar refractivity (Wildman–Crippen MR) is 77.9 cm³/mol. The number of imidazole rings is 1. The summed E-state index contributed by atoms with van der Waals surface area (Å²) >= 11 is 0. The van der Waals surface area contributed by atoms with Crippen LogP contribution in [-0.2, 0) is 4.74 Å². The highest BCUT2D eigenvalue weighted by Gasteiger charge is 2.13. The molecule has 0 saturated carbocycles. The predicted octanol–water partition coefficient (Wildman–Crippen LogP) is 1.30. The number of fused-ring (bicyclic) bond motifs is 3. The maximum atomic E-state index is 6.07. The van der Waals surface area contributed by atoms with Gasteiger partial charge < -0.3 is 15.4 Å². The molecule has 0 unspecified atom stereocenters. The van der Waals surface area contributed by atoms with Crippen molar-refractivity contribution >= 4 is 28.2 Å². The fourth-order valence-corrected chi connectivity index (χ4v) is 2.69. The first-order valence-electron chi connectivity index (χ1n) is 6.68. The van der Waals surface area contributed by atoms with Crippen molar-refractivity contribution in [2.75, 3.05) is 36.9 Å². The van der Waals surface area contributed by atoms with Crippen LogP contribution in [0.1, 0.15) is 0 Å². The fraction of sp³-hybridized carbons (Fsp3) is 0.286. The van der Waals surface area contributed by atoms with Crippen molar-refractivity contribution in [3.63, 3.8) is 0 Å². The molecule has 3 aromatic rings. The number of nitrogens with zero attached hydrogens (tertiary/aromatic N) is 4. The second-order valence-electron chi connectivity index (χ2n) is 4.90. The Balaban J connectivity index is 1.90. The van der Waals surface area contributed by atoms with Crippen LogP contribution in [0.25, 0.3) is 16.7 Å². The number of nitrogens with two attached hydrogens (primary N) is 1. The Morgan fingerprint density at radius 3 is 2.90 bits per heavy atom. The number of nitrogen functional groups attached to an aromatic ring is 1. The van der Waals surface area contributed by atoms with Crippen LogP contribution in [0.4, 0.5) is 11.5 Å². The smallest absolute Gasteiger partial charge is 0.236 e. The lowest BCUT2D eigenvalue weighted by Crippen LogP contribution is -2.36. The van der Waals surface area contributed by atoms with E-state index >= 15 is 0 Å². The van der Waals surface area contributed by atoms with Crippen molar-refractivity contribution in [3.05, 3.63) is 30.6 Å². The lowest BCUT2D eigenvalue weighted by atomic mass is 10.2. The summed E-state index contributed by atoms with van der Waals surface area (Å²) < 4.78 is 7.34. The van der Waals surface area contributed by atoms with Crippen molar-refractivity contribution in [2.24, 2.45) is 0 Å². The quantitative estimate of drug-likeness (QED) is 0.721. The zero-order valence-corrected chi connectivity index (χ0v) is 11.0. The molecule has 20 heavy (non-hydrogen) atoms. The Bertz CT molecular complexity index is 776. The van der Waals surface area contributed by atoms with E-state index in [0.29, 0.717) is 11.6 Å². The summed E-state index contributed by atoms with van der Waals surface area (Å²) in [6, 6.07) is 6.29. The molecule has 1 fully saturated rings. The highest BCUT2D eigenvalue weighted by Crippen LogP contribution is 2.26. The number of hydrogen-bond donors (Lipinski definition) is 1. The van der Waals surface area contributed by atoms with E-state index in [1.807, 2.05) is 10.6 Å². The third-order valence-electron chi connectivity index (χ3n) is 3.73. The van der Waals surface area contributed by atoms with Gasteiger partial charge in [-0.05, 0) is 18.2 Å². The summed E-state index contributed by atoms with van der Waals surface area (Å²) in [4.78, 5) is 10.8. The monoisotopic (exact) mass is 269 g/mol. The van der Waals surface area contributed by atoms with Crippen molar-refractivity contribution < 1.29 is 4.74 Å². The maximum Gasteiger partial charge on any atom is 0.236 e. The minimum atomic E-state index is 0.522. The van der Waals surface area contributed by atoms with Crippen LogP contribution >= 0.6 is 0 Å². The molecule has 6 nitrogen and oxygen atoms in total. The maximum absolute atomic E-state index is 6.07. The van der Waals surface area contributed by atoms with Crippen LogP contribution in [-0.4, -0.2) is 40.7 Å². The first-order valence-corrected chi connectivity index (χ1v) is 6.68. The second kappa shape index (κ2) is 4.35. The molecule has 4 rings (SSSR count). The highest BCUT2D eigenvalue weighted by molar-refractivity contribution is 5.92. The van der Waals surface area contributed by atoms with Crippen molar-refractivity contribution in [1.29, 1.82) is 0 Å². The van der Waals surface area contributed by atoms with Gasteiger partial charge in [0.1, 0.15) is 5.82 Å². The van der Waals surface area contributed by atoms with Crippen LogP contribution in [0, 0.1) is 0 Å². The number of anilines is 2. The summed E-state index contributed by atoms with van der Waals surface area (Å²) in [6.45, 7) is 3.36. The average Bonchev–Trinajstić information content (AvgIpc) is 2.96. The van der Waals surface area contributed by atoms with Gasteiger partial charge in [-0.1, -0.05) is 0 Å². The molecule has 0 spiro atoms. The van der Waals surface area contributed by atoms with Gasteiger partial charge in [0.05, 0.1) is 18.7 Å². The lowest BCUT2D eigenvalue weighted by Gasteiger charge is -2.29. The second-order valence-corrected chi connectivity index (χ2v) is 4.90. The van der Waals surface area contributed by atoms with Gasteiger partial charge >= 0.3 is 0 Å². The van der Waals surface area contributed by atoms with Gasteiger partial charge in [-0.15, -0.1) is 0 Å². The molecular weight excluding hydrogens is 254 g/mol. The van der Waals surface area contributed by atoms with Crippen molar-refractivity contribution in [1.82, 2.24) is 14.4 Å². The molecule has 6 heteroatoms. The molecule has 1 saturated heterocycles. The van der Waals surface area contributed by atoms with E-state index in [9.17, 15) is 0 Å². The molecule has 1 aromatic carbocycles. The third kappa shape index (κ3) is 1.69. The van der Waals surface area contributed by atoms with E-state index < -0.39 is 0 Å². The number of hydrogen-bond acceptors (Lipinski definition) is 5. The third-order valence-corrected chi connectivity index (χ3v) is 3.73. The Hall–Kier alpha value is -2.34. The Labute approximate surface area is 115 Å². The summed E-state index contributed by atoms with van der Waals surface area (Å²) in [5.41, 5.74) is 8.26. The molecule has 2 aromatic heterocycles. The zero-order chi connectivity index (χ0) is 13.5. The molecule has 2 N–H and O–H groups in total. The summed E-state index contributed by atoms with van der Waals surface area (Å²) in [5.74, 6) is 1.16. The fourth-order valence-electron chi connectivity index (χ4n) is 2.69. The van der Waals surface area contributed by atoms with Gasteiger partial charge in [-0.3, -0.25) is 4.40 Å². The van der Waals surface area contributed by atoms with Gasteiger partial charge in [0.25, 0.3) is 0 Å². The largest absolute Gasteiger partial charge is 0.383 e. The van der Waals surface area contributed by atoms with Crippen LogP contribution in [0.2, 0.25) is 0 Å². The molecule has 3 heterocycles. The molecule has 0 bridgehead atoms. The van der Waals surface area contributed by atoms with E-state index in [2.05, 4.69) is 33.1 Å². The van der Waals surface area contributed by atoms with Gasteiger partial charge in [0, 0.05) is 36.6 Å². The number of rotatable bonds is 1. The zero-order valence-electron chi connectivity index (χ0n) is 11.0. The van der Waals surface area contributed by atoms with Gasteiger partial charge in [0.2, 0.25) is 5.78 Å². The number of aromatic nitrogens is 3. The Morgan fingerprint density at radius 1 is 1.20 bits per heavy atom. The first-order chi connectivity index (χ1) is 9.83. The molecule has 102 valence electrons. The summed E-state index contributed by atoms with van der Waals surface area (Å²) in [7, 11) is 0. The molecule has 0 aliphatic carbocycles. The first kappa shape index (κ1) is 11.5. The van der Waals surface area contributed by atoms with Gasteiger partial charge in [-0.2, -0.15) is 4.98 Å². The molecular formula is C14H15N5O. The van der Waals surface area contributed by atoms with E-state index in [-0.39, 0.29) is 0 Å². The summed E-state index contributed by atoms with van der Waals surface area (Å²) in [5, 5.41) is 0.958. The van der Waals surface area contributed by atoms with Crippen LogP contribution < -0.4 is 10.6 Å². The molecule has 0 radical (unpaired) electrons. The number of ether oxygens (including phenoxy) is 1. The van der Waals surface area contributed by atoms with Crippen molar-refractivity contribution in [3.8, 4) is 0 Å². The van der Waals surface area contributed by atoms with E-state index in [4.69, 9.17) is 10.5 Å². The standard InChI is InChI=1S/C14H15N5O/c15-13-11-9-10(18-5-7-20-8-6-18)1-2-12(11)19-4-3-16-14(19)17-13/h1-4,9H,5-8H2,(H2,15,16,17). The minimum Gasteiger partial charge on any atom is -0.383 e. The van der Waals surface area contributed by atoms with Crippen LogP contribution in [0.3, 0.4) is 0 Å². The van der Waals surface area contributed by atoms with E-state index in [1.54, 1.807) is 6.20 Å². The van der Waals surface area contributed by atoms with Gasteiger partial charge in [-0.25, -0.2) is 4.98 Å². The van der Waals surface area contributed by atoms with Crippen molar-refractivity contribution in [2.45, 2.75) is 0 Å². The SMILES string of the molecule is Nc1nc2nccn2c2ccc(N3CCOCC3)cc12. The molecule has 1 aliphatic rings.